The number of aliphatic carboxylic acids is 1. The summed E-state index contributed by atoms with van der Waals surface area (Å²) in [7, 11) is -3.71. The highest BCUT2D eigenvalue weighted by molar-refractivity contribution is 7.94. The number of benzene rings is 1. The average Bonchev–Trinajstić information content (AvgIpc) is 2.45. The van der Waals surface area contributed by atoms with Crippen LogP contribution in [0.25, 0.3) is 0 Å². The monoisotopic (exact) mass is 311 g/mol. The van der Waals surface area contributed by atoms with Crippen LogP contribution in [0.5, 0.6) is 0 Å². The molecule has 1 aromatic carbocycles. The SMILES string of the molecule is CCCN(CC(=O)O)C(=O)/C=C/S(=O)(=O)c1ccccc1. The summed E-state index contributed by atoms with van der Waals surface area (Å²) in [5, 5.41) is 9.53. The number of sulfone groups is 1. The molecule has 21 heavy (non-hydrogen) atoms. The fourth-order valence-electron chi connectivity index (χ4n) is 1.64. The highest BCUT2D eigenvalue weighted by Gasteiger charge is 2.15. The molecule has 0 unspecified atom stereocenters. The van der Waals surface area contributed by atoms with Crippen molar-refractivity contribution >= 4 is 21.7 Å². The largest absolute Gasteiger partial charge is 0.480 e. The first-order valence-corrected chi connectivity index (χ1v) is 7.90. The van der Waals surface area contributed by atoms with E-state index in [-0.39, 0.29) is 11.4 Å². The Morgan fingerprint density at radius 2 is 1.86 bits per heavy atom. The van der Waals surface area contributed by atoms with Crippen molar-refractivity contribution in [1.82, 2.24) is 4.90 Å². The first kappa shape index (κ1) is 16.9. The number of carbonyl (C=O) groups is 2. The van der Waals surface area contributed by atoms with Crippen LogP contribution in [0.4, 0.5) is 0 Å². The molecule has 0 spiro atoms. The molecule has 0 saturated carbocycles. The second kappa shape index (κ2) is 7.58. The van der Waals surface area contributed by atoms with Crippen LogP contribution in [0.1, 0.15) is 13.3 Å². The number of hydrogen-bond acceptors (Lipinski definition) is 4. The van der Waals surface area contributed by atoms with Crippen LogP contribution in [0, 0.1) is 0 Å². The summed E-state index contributed by atoms with van der Waals surface area (Å²) >= 11 is 0. The van der Waals surface area contributed by atoms with E-state index in [9.17, 15) is 18.0 Å². The van der Waals surface area contributed by atoms with Crippen molar-refractivity contribution in [2.24, 2.45) is 0 Å². The maximum Gasteiger partial charge on any atom is 0.323 e. The van der Waals surface area contributed by atoms with Crippen LogP contribution in [-0.2, 0) is 19.4 Å². The number of amides is 1. The Balaban J connectivity index is 2.87. The number of carboxylic acids is 1. The third-order valence-electron chi connectivity index (χ3n) is 2.59. The molecule has 0 aliphatic rings. The van der Waals surface area contributed by atoms with Crippen molar-refractivity contribution in [2.75, 3.05) is 13.1 Å². The number of carboxylic acid groups (broad SMARTS) is 1. The van der Waals surface area contributed by atoms with E-state index in [2.05, 4.69) is 0 Å². The lowest BCUT2D eigenvalue weighted by Gasteiger charge is -2.17. The summed E-state index contributed by atoms with van der Waals surface area (Å²) in [6.45, 7) is 1.59. The van der Waals surface area contributed by atoms with Gasteiger partial charge in [0, 0.05) is 18.0 Å². The van der Waals surface area contributed by atoms with Crippen LogP contribution >= 0.6 is 0 Å². The zero-order valence-electron chi connectivity index (χ0n) is 11.6. The molecule has 0 bridgehead atoms. The Bertz CT molecular complexity index is 622. The number of nitrogens with zero attached hydrogens (tertiary/aromatic N) is 1. The molecule has 1 amide bonds. The van der Waals surface area contributed by atoms with Gasteiger partial charge in [0.2, 0.25) is 5.91 Å². The molecule has 7 heteroatoms. The lowest BCUT2D eigenvalue weighted by Crippen LogP contribution is -2.35. The van der Waals surface area contributed by atoms with E-state index < -0.39 is 28.3 Å². The van der Waals surface area contributed by atoms with Crippen molar-refractivity contribution in [1.29, 1.82) is 0 Å². The molecule has 1 aromatic rings. The molecule has 0 aromatic heterocycles. The lowest BCUT2D eigenvalue weighted by molar-refractivity contribution is -0.142. The van der Waals surface area contributed by atoms with E-state index in [4.69, 9.17) is 5.11 Å². The maximum atomic E-state index is 12.0. The predicted molar refractivity (Wildman–Crippen MR) is 77.3 cm³/mol. The average molecular weight is 311 g/mol. The van der Waals surface area contributed by atoms with Gasteiger partial charge < -0.3 is 10.0 Å². The normalized spacial score (nSPS) is 11.5. The smallest absolute Gasteiger partial charge is 0.323 e. The Hall–Kier alpha value is -2.15. The number of rotatable bonds is 7. The topological polar surface area (TPSA) is 91.8 Å². The Morgan fingerprint density at radius 3 is 2.38 bits per heavy atom. The molecule has 0 aliphatic heterocycles. The summed E-state index contributed by atoms with van der Waals surface area (Å²) < 4.78 is 23.9. The molecule has 1 N–H and O–H groups in total. The van der Waals surface area contributed by atoms with Gasteiger partial charge in [-0.1, -0.05) is 25.1 Å². The summed E-state index contributed by atoms with van der Waals surface area (Å²) in [4.78, 5) is 23.7. The van der Waals surface area contributed by atoms with E-state index >= 15 is 0 Å². The van der Waals surface area contributed by atoms with Crippen molar-refractivity contribution < 1.29 is 23.1 Å². The van der Waals surface area contributed by atoms with Crippen molar-refractivity contribution in [2.45, 2.75) is 18.2 Å². The van der Waals surface area contributed by atoms with Gasteiger partial charge in [0.25, 0.3) is 0 Å². The molecule has 0 aliphatic carbocycles. The van der Waals surface area contributed by atoms with Crippen molar-refractivity contribution in [3.8, 4) is 0 Å². The molecule has 0 atom stereocenters. The minimum Gasteiger partial charge on any atom is -0.480 e. The number of carbonyl (C=O) groups excluding carboxylic acids is 1. The van der Waals surface area contributed by atoms with Crippen LogP contribution in [0.2, 0.25) is 0 Å². The summed E-state index contributed by atoms with van der Waals surface area (Å²) in [6.07, 6.45) is 1.47. The van der Waals surface area contributed by atoms with E-state index in [1.54, 1.807) is 25.1 Å². The molecule has 6 nitrogen and oxygen atoms in total. The highest BCUT2D eigenvalue weighted by atomic mass is 32.2. The van der Waals surface area contributed by atoms with Crippen molar-refractivity contribution in [3.63, 3.8) is 0 Å². The third kappa shape index (κ3) is 5.39. The number of hydrogen-bond donors (Lipinski definition) is 1. The zero-order chi connectivity index (χ0) is 15.9. The lowest BCUT2D eigenvalue weighted by atomic mass is 10.4. The summed E-state index contributed by atoms with van der Waals surface area (Å²) in [6, 6.07) is 7.69. The van der Waals surface area contributed by atoms with Crippen molar-refractivity contribution in [3.05, 3.63) is 41.8 Å². The fraction of sp³-hybridized carbons (Fsp3) is 0.286. The van der Waals surface area contributed by atoms with E-state index in [1.807, 2.05) is 0 Å². The van der Waals surface area contributed by atoms with Gasteiger partial charge in [-0.25, -0.2) is 8.42 Å². The molecule has 0 radical (unpaired) electrons. The second-order valence-electron chi connectivity index (χ2n) is 4.31. The van der Waals surface area contributed by atoms with E-state index in [0.29, 0.717) is 6.42 Å². The predicted octanol–water partition coefficient (Wildman–Crippen LogP) is 1.30. The first-order valence-electron chi connectivity index (χ1n) is 6.35. The molecule has 0 fully saturated rings. The van der Waals surface area contributed by atoms with Gasteiger partial charge in [0.15, 0.2) is 9.84 Å². The zero-order valence-corrected chi connectivity index (χ0v) is 12.4. The van der Waals surface area contributed by atoms with Crippen LogP contribution < -0.4 is 0 Å². The summed E-state index contributed by atoms with van der Waals surface area (Å²) in [5.41, 5.74) is 0. The molecular weight excluding hydrogens is 294 g/mol. The Labute approximate surface area is 123 Å². The van der Waals surface area contributed by atoms with Gasteiger partial charge in [-0.15, -0.1) is 0 Å². The van der Waals surface area contributed by atoms with Crippen LogP contribution in [0.3, 0.4) is 0 Å². The summed E-state index contributed by atoms with van der Waals surface area (Å²) in [5.74, 6) is -1.78. The Kier molecular flexibility index (Phi) is 6.10. The van der Waals surface area contributed by atoms with Gasteiger partial charge >= 0.3 is 5.97 Å². The van der Waals surface area contributed by atoms with Gasteiger partial charge in [-0.05, 0) is 18.6 Å². The van der Waals surface area contributed by atoms with Gasteiger partial charge in [0.05, 0.1) is 4.90 Å². The fourth-order valence-corrected chi connectivity index (χ4v) is 2.63. The van der Waals surface area contributed by atoms with Gasteiger partial charge in [-0.2, -0.15) is 0 Å². The van der Waals surface area contributed by atoms with Gasteiger partial charge in [0.1, 0.15) is 6.54 Å². The minimum absolute atomic E-state index is 0.0781. The molecule has 1 rings (SSSR count). The Morgan fingerprint density at radius 1 is 1.24 bits per heavy atom. The molecular formula is C14H17NO5S. The minimum atomic E-state index is -3.71. The second-order valence-corrected chi connectivity index (χ2v) is 6.15. The van der Waals surface area contributed by atoms with Gasteiger partial charge in [-0.3, -0.25) is 9.59 Å². The first-order chi connectivity index (χ1) is 9.86. The standard InChI is InChI=1S/C14H17NO5S/c1-2-9-15(11-14(17)18)13(16)8-10-21(19,20)12-6-4-3-5-7-12/h3-8,10H,2,9,11H2,1H3,(H,17,18)/b10-8+. The maximum absolute atomic E-state index is 12.0. The van der Waals surface area contributed by atoms with E-state index in [0.717, 1.165) is 16.4 Å². The van der Waals surface area contributed by atoms with Crippen LogP contribution in [0.15, 0.2) is 46.7 Å². The molecule has 0 saturated heterocycles. The molecule has 0 heterocycles. The highest BCUT2D eigenvalue weighted by Crippen LogP contribution is 2.11. The van der Waals surface area contributed by atoms with Crippen LogP contribution in [-0.4, -0.2) is 43.4 Å². The van der Waals surface area contributed by atoms with E-state index in [1.165, 1.54) is 12.1 Å². The molecule has 114 valence electrons. The quantitative estimate of drug-likeness (QED) is 0.766. The third-order valence-corrected chi connectivity index (χ3v) is 4.02.